The van der Waals surface area contributed by atoms with Gasteiger partial charge in [-0.3, -0.25) is 4.52 Å². The van der Waals surface area contributed by atoms with E-state index >= 15 is 0 Å². The molecule has 0 aromatic carbocycles. The van der Waals surface area contributed by atoms with Gasteiger partial charge in [0.1, 0.15) is 0 Å². The van der Waals surface area contributed by atoms with Crippen LogP contribution in [0.3, 0.4) is 0 Å². The Bertz CT molecular complexity index is 120. The third-order valence-electron chi connectivity index (χ3n) is 0.391. The average Bonchev–Trinajstić information content (AvgIpc) is 1.62. The Balaban J connectivity index is 3.60. The SMILES string of the molecule is O=P(O)(O)OC(O)CCl. The predicted octanol–water partition coefficient (Wildman–Crippen LogP) is -0.347. The van der Waals surface area contributed by atoms with Crippen molar-refractivity contribution in [2.45, 2.75) is 6.29 Å². The molecule has 0 aliphatic heterocycles. The Labute approximate surface area is 56.5 Å². The molecule has 0 bridgehead atoms. The van der Waals surface area contributed by atoms with Gasteiger partial charge in [-0.15, -0.1) is 11.6 Å². The van der Waals surface area contributed by atoms with E-state index in [9.17, 15) is 4.57 Å². The highest BCUT2D eigenvalue weighted by molar-refractivity contribution is 7.46. The van der Waals surface area contributed by atoms with Crippen molar-refractivity contribution in [1.29, 1.82) is 0 Å². The van der Waals surface area contributed by atoms with E-state index in [1.165, 1.54) is 0 Å². The third-order valence-corrected chi connectivity index (χ3v) is 1.17. The summed E-state index contributed by atoms with van der Waals surface area (Å²) in [7, 11) is -4.57. The maximum absolute atomic E-state index is 9.85. The molecule has 0 aliphatic carbocycles. The second-order valence-corrected chi connectivity index (χ2v) is 2.71. The molecule has 56 valence electrons. The van der Waals surface area contributed by atoms with Gasteiger partial charge in [0.15, 0.2) is 6.29 Å². The molecule has 1 unspecified atom stereocenters. The highest BCUT2D eigenvalue weighted by Crippen LogP contribution is 2.36. The summed E-state index contributed by atoms with van der Waals surface area (Å²) in [5, 5.41) is 8.35. The number of hydrogen-bond donors (Lipinski definition) is 3. The number of halogens is 1. The molecule has 0 saturated carbocycles. The summed E-state index contributed by atoms with van der Waals surface area (Å²) < 4.78 is 13.5. The fourth-order valence-electron chi connectivity index (χ4n) is 0.187. The first-order valence-corrected chi connectivity index (χ1v) is 4.00. The number of phosphoric acid groups is 1. The average molecular weight is 176 g/mol. The topological polar surface area (TPSA) is 87.0 Å². The molecule has 9 heavy (non-hydrogen) atoms. The van der Waals surface area contributed by atoms with Crippen molar-refractivity contribution >= 4 is 19.4 Å². The van der Waals surface area contributed by atoms with Crippen LogP contribution in [0.25, 0.3) is 0 Å². The Morgan fingerprint density at radius 3 is 2.22 bits per heavy atom. The molecule has 0 radical (unpaired) electrons. The van der Waals surface area contributed by atoms with Gasteiger partial charge in [-0.25, -0.2) is 4.57 Å². The van der Waals surface area contributed by atoms with Crippen molar-refractivity contribution in [3.8, 4) is 0 Å². The number of aliphatic hydroxyl groups excluding tert-OH is 1. The molecule has 1 atom stereocenters. The Hall–Kier alpha value is 0.360. The molecule has 0 rings (SSSR count). The summed E-state index contributed by atoms with van der Waals surface area (Å²) in [5.74, 6) is -0.370. The number of rotatable bonds is 3. The zero-order chi connectivity index (χ0) is 7.49. The van der Waals surface area contributed by atoms with E-state index < -0.39 is 14.1 Å². The van der Waals surface area contributed by atoms with Gasteiger partial charge < -0.3 is 14.9 Å². The molecule has 5 nitrogen and oxygen atoms in total. The van der Waals surface area contributed by atoms with Crippen molar-refractivity contribution in [2.75, 3.05) is 5.88 Å². The number of alkyl halides is 1. The summed E-state index contributed by atoms with van der Waals surface area (Å²) in [6.07, 6.45) is -1.60. The van der Waals surface area contributed by atoms with E-state index in [0.29, 0.717) is 0 Å². The Morgan fingerprint density at radius 2 is 2.11 bits per heavy atom. The monoisotopic (exact) mass is 176 g/mol. The van der Waals surface area contributed by atoms with Crippen molar-refractivity contribution < 1.29 is 24.0 Å². The maximum atomic E-state index is 9.85. The lowest BCUT2D eigenvalue weighted by atomic mass is 10.8. The number of aliphatic hydroxyl groups is 1. The molecule has 3 N–H and O–H groups in total. The van der Waals surface area contributed by atoms with E-state index in [4.69, 9.17) is 26.5 Å². The fourth-order valence-corrected chi connectivity index (χ4v) is 0.729. The molecular weight excluding hydrogens is 170 g/mol. The van der Waals surface area contributed by atoms with Crippen LogP contribution < -0.4 is 0 Å². The molecule has 0 spiro atoms. The molecule has 0 aromatic heterocycles. The van der Waals surface area contributed by atoms with Crippen molar-refractivity contribution in [3.05, 3.63) is 0 Å². The maximum Gasteiger partial charge on any atom is 0.471 e. The van der Waals surface area contributed by atoms with Crippen LogP contribution in [0.4, 0.5) is 0 Å². The smallest absolute Gasteiger partial charge is 0.366 e. The number of phosphoric ester groups is 1. The van der Waals surface area contributed by atoms with Crippen LogP contribution in [0.5, 0.6) is 0 Å². The van der Waals surface area contributed by atoms with E-state index in [2.05, 4.69) is 4.52 Å². The molecule has 7 heteroatoms. The van der Waals surface area contributed by atoms with Crippen LogP contribution in [-0.4, -0.2) is 27.1 Å². The standard InChI is InChI=1S/C2H6ClO5P/c3-1-2(4)8-9(5,6)7/h2,4H,1H2,(H2,5,6,7). The quantitative estimate of drug-likeness (QED) is 0.311. The minimum Gasteiger partial charge on any atom is -0.366 e. The van der Waals surface area contributed by atoms with Gasteiger partial charge in [-0.2, -0.15) is 0 Å². The van der Waals surface area contributed by atoms with Crippen LogP contribution in [0.1, 0.15) is 0 Å². The molecule has 0 heterocycles. The first-order chi connectivity index (χ1) is 3.95. The second-order valence-electron chi connectivity index (χ2n) is 1.20. The van der Waals surface area contributed by atoms with Crippen LogP contribution in [0.15, 0.2) is 0 Å². The van der Waals surface area contributed by atoms with E-state index in [1.807, 2.05) is 0 Å². The van der Waals surface area contributed by atoms with Crippen LogP contribution in [-0.2, 0) is 9.09 Å². The van der Waals surface area contributed by atoms with Gasteiger partial charge in [0.05, 0.1) is 5.88 Å². The van der Waals surface area contributed by atoms with Gasteiger partial charge >= 0.3 is 7.82 Å². The lowest BCUT2D eigenvalue weighted by Crippen LogP contribution is -2.11. The predicted molar refractivity (Wildman–Crippen MR) is 29.9 cm³/mol. The van der Waals surface area contributed by atoms with Crippen LogP contribution in [0, 0.1) is 0 Å². The van der Waals surface area contributed by atoms with Gasteiger partial charge in [0.25, 0.3) is 0 Å². The normalized spacial score (nSPS) is 15.6. The van der Waals surface area contributed by atoms with Gasteiger partial charge in [0, 0.05) is 0 Å². The minimum absolute atomic E-state index is 0.370. The van der Waals surface area contributed by atoms with Gasteiger partial charge in [-0.05, 0) is 0 Å². The van der Waals surface area contributed by atoms with E-state index in [0.717, 1.165) is 0 Å². The summed E-state index contributed by atoms with van der Waals surface area (Å²) in [5.41, 5.74) is 0. The highest BCUT2D eigenvalue weighted by Gasteiger charge is 2.18. The highest BCUT2D eigenvalue weighted by atomic mass is 35.5. The van der Waals surface area contributed by atoms with Crippen molar-refractivity contribution in [3.63, 3.8) is 0 Å². The molecule has 0 amide bonds. The minimum atomic E-state index is -4.57. The summed E-state index contributed by atoms with van der Waals surface area (Å²) in [6, 6.07) is 0. The molecular formula is C2H6ClO5P. The first-order valence-electron chi connectivity index (χ1n) is 1.93. The molecule has 0 aromatic rings. The lowest BCUT2D eigenvalue weighted by molar-refractivity contribution is -0.0182. The zero-order valence-electron chi connectivity index (χ0n) is 4.27. The van der Waals surface area contributed by atoms with E-state index in [1.54, 1.807) is 0 Å². The summed E-state index contributed by atoms with van der Waals surface area (Å²) in [4.78, 5) is 16.0. The lowest BCUT2D eigenvalue weighted by Gasteiger charge is -2.07. The van der Waals surface area contributed by atoms with Gasteiger partial charge in [0.2, 0.25) is 0 Å². The van der Waals surface area contributed by atoms with Crippen LogP contribution in [0.2, 0.25) is 0 Å². The second kappa shape index (κ2) is 3.51. The van der Waals surface area contributed by atoms with Crippen molar-refractivity contribution in [2.24, 2.45) is 0 Å². The number of hydrogen-bond acceptors (Lipinski definition) is 3. The van der Waals surface area contributed by atoms with Gasteiger partial charge in [-0.1, -0.05) is 0 Å². The van der Waals surface area contributed by atoms with Crippen molar-refractivity contribution in [1.82, 2.24) is 0 Å². The largest absolute Gasteiger partial charge is 0.471 e. The van der Waals surface area contributed by atoms with Crippen LogP contribution >= 0.6 is 19.4 Å². The molecule has 0 saturated heterocycles. The van der Waals surface area contributed by atoms with E-state index in [-0.39, 0.29) is 5.88 Å². The first kappa shape index (κ1) is 9.36. The zero-order valence-corrected chi connectivity index (χ0v) is 5.92. The summed E-state index contributed by atoms with van der Waals surface area (Å²) in [6.45, 7) is 0. The summed E-state index contributed by atoms with van der Waals surface area (Å²) >= 11 is 4.94. The molecule has 0 aliphatic rings. The Kier molecular flexibility index (Phi) is 3.65. The fraction of sp³-hybridized carbons (Fsp3) is 1.00. The molecule has 0 fully saturated rings. The third kappa shape index (κ3) is 6.24. The Morgan fingerprint density at radius 1 is 1.67 bits per heavy atom.